The monoisotopic (exact) mass is 386 g/mol. The average molecular weight is 387 g/mol. The molecule has 1 unspecified atom stereocenters. The number of rotatable bonds is 7. The second kappa shape index (κ2) is 10.4. The van der Waals surface area contributed by atoms with E-state index in [1.165, 1.54) is 5.56 Å². The number of carbonyl (C=O) groups is 2. The Kier molecular flexibility index (Phi) is 8.24. The van der Waals surface area contributed by atoms with Crippen LogP contribution in [-0.2, 0) is 14.3 Å². The highest BCUT2D eigenvalue weighted by Gasteiger charge is 2.27. The van der Waals surface area contributed by atoms with E-state index in [1.807, 2.05) is 31.2 Å². The molecule has 1 saturated heterocycles. The van der Waals surface area contributed by atoms with Gasteiger partial charge in [-0.1, -0.05) is 57.5 Å². The van der Waals surface area contributed by atoms with Gasteiger partial charge in [-0.2, -0.15) is 0 Å². The van der Waals surface area contributed by atoms with Crippen LogP contribution in [0.1, 0.15) is 45.2 Å². The maximum Gasteiger partial charge on any atom is 0.245 e. The minimum Gasteiger partial charge on any atom is -0.378 e. The molecule has 154 valence electrons. The molecule has 0 spiro atoms. The fraction of sp³-hybridized carbons (Fsp3) is 0.565. The van der Waals surface area contributed by atoms with Crippen LogP contribution in [0.15, 0.2) is 30.3 Å². The number of aryl methyl sites for hydroxylation is 1. The number of nitrogens with zero attached hydrogens (tertiary/aromatic N) is 1. The van der Waals surface area contributed by atoms with Crippen molar-refractivity contribution in [3.8, 4) is 0 Å². The lowest BCUT2D eigenvalue weighted by atomic mass is 9.94. The standard InChI is InChI=1S/C23H34N2O3/c1-16(2)14-21(23(27)25-10-12-28-13-11-25)24-22(26)15-20(17(3)4)19-8-6-18(5)7-9-19/h6-9,15-17,21H,10-14H2,1-5H3,(H,24,26)/b20-15+. The van der Waals surface area contributed by atoms with Crippen molar-refractivity contribution >= 4 is 17.4 Å². The van der Waals surface area contributed by atoms with Crippen LogP contribution >= 0.6 is 0 Å². The van der Waals surface area contributed by atoms with E-state index in [2.05, 4.69) is 33.0 Å². The topological polar surface area (TPSA) is 58.6 Å². The molecule has 1 aliphatic rings. The fourth-order valence-electron chi connectivity index (χ4n) is 3.38. The predicted octanol–water partition coefficient (Wildman–Crippen LogP) is 3.42. The second-order valence-corrected chi connectivity index (χ2v) is 8.25. The summed E-state index contributed by atoms with van der Waals surface area (Å²) in [5, 5.41) is 2.96. The summed E-state index contributed by atoms with van der Waals surface area (Å²) >= 11 is 0. The third-order valence-corrected chi connectivity index (χ3v) is 4.94. The molecule has 1 heterocycles. The summed E-state index contributed by atoms with van der Waals surface area (Å²) < 4.78 is 5.34. The molecule has 5 nitrogen and oxygen atoms in total. The smallest absolute Gasteiger partial charge is 0.245 e. The first-order chi connectivity index (χ1) is 13.3. The molecule has 2 rings (SSSR count). The van der Waals surface area contributed by atoms with Crippen LogP contribution < -0.4 is 5.32 Å². The van der Waals surface area contributed by atoms with Gasteiger partial charge in [0.15, 0.2) is 0 Å². The van der Waals surface area contributed by atoms with E-state index in [0.29, 0.717) is 38.6 Å². The van der Waals surface area contributed by atoms with Gasteiger partial charge in [-0.25, -0.2) is 0 Å². The van der Waals surface area contributed by atoms with Crippen molar-refractivity contribution in [2.24, 2.45) is 11.8 Å². The third kappa shape index (κ3) is 6.48. The third-order valence-electron chi connectivity index (χ3n) is 4.94. The summed E-state index contributed by atoms with van der Waals surface area (Å²) in [4.78, 5) is 27.5. The van der Waals surface area contributed by atoms with Crippen molar-refractivity contribution in [2.75, 3.05) is 26.3 Å². The molecule has 1 aliphatic heterocycles. The first-order valence-electron chi connectivity index (χ1n) is 10.2. The van der Waals surface area contributed by atoms with Crippen molar-refractivity contribution in [3.63, 3.8) is 0 Å². The van der Waals surface area contributed by atoms with E-state index in [9.17, 15) is 9.59 Å². The summed E-state index contributed by atoms with van der Waals surface area (Å²) in [5.74, 6) is 0.282. The zero-order valence-electron chi connectivity index (χ0n) is 17.8. The Bertz CT molecular complexity index is 686. The highest BCUT2D eigenvalue weighted by atomic mass is 16.5. The molecule has 1 fully saturated rings. The van der Waals surface area contributed by atoms with Gasteiger partial charge in [-0.15, -0.1) is 0 Å². The average Bonchev–Trinajstić information content (AvgIpc) is 2.66. The van der Waals surface area contributed by atoms with Crippen molar-refractivity contribution in [3.05, 3.63) is 41.5 Å². The summed E-state index contributed by atoms with van der Waals surface area (Å²) in [7, 11) is 0. The molecule has 28 heavy (non-hydrogen) atoms. The zero-order valence-corrected chi connectivity index (χ0v) is 17.8. The minimum atomic E-state index is -0.506. The SMILES string of the molecule is Cc1ccc(/C(=C/C(=O)NC(CC(C)C)C(=O)N2CCOCC2)C(C)C)cc1. The van der Waals surface area contributed by atoms with Crippen LogP contribution in [0.5, 0.6) is 0 Å². The number of ether oxygens (including phenoxy) is 1. The number of benzene rings is 1. The van der Waals surface area contributed by atoms with Gasteiger partial charge in [0.2, 0.25) is 11.8 Å². The lowest BCUT2D eigenvalue weighted by molar-refractivity contribution is -0.139. The van der Waals surface area contributed by atoms with Crippen molar-refractivity contribution < 1.29 is 14.3 Å². The number of carbonyl (C=O) groups excluding carboxylic acids is 2. The number of morpholine rings is 1. The second-order valence-electron chi connectivity index (χ2n) is 8.25. The normalized spacial score (nSPS) is 16.4. The molecule has 1 atom stereocenters. The summed E-state index contributed by atoms with van der Waals surface area (Å²) in [5.41, 5.74) is 3.19. The Morgan fingerprint density at radius 3 is 2.25 bits per heavy atom. The molecule has 5 heteroatoms. The van der Waals surface area contributed by atoms with E-state index >= 15 is 0 Å². The van der Waals surface area contributed by atoms with E-state index in [-0.39, 0.29) is 17.7 Å². The highest BCUT2D eigenvalue weighted by Crippen LogP contribution is 2.23. The van der Waals surface area contributed by atoms with Gasteiger partial charge in [0.25, 0.3) is 0 Å². The van der Waals surface area contributed by atoms with Crippen LogP contribution in [-0.4, -0.2) is 49.1 Å². The highest BCUT2D eigenvalue weighted by molar-refractivity contribution is 5.98. The first kappa shape index (κ1) is 22.2. The molecular weight excluding hydrogens is 352 g/mol. The number of nitrogens with one attached hydrogen (secondary N) is 1. The van der Waals surface area contributed by atoms with Crippen molar-refractivity contribution in [1.82, 2.24) is 10.2 Å². The molecule has 0 radical (unpaired) electrons. The molecular formula is C23H34N2O3. The zero-order chi connectivity index (χ0) is 20.7. The van der Waals surface area contributed by atoms with E-state index in [4.69, 9.17) is 4.74 Å². The lowest BCUT2D eigenvalue weighted by Gasteiger charge is -2.31. The molecule has 1 N–H and O–H groups in total. The molecule has 1 aromatic rings. The molecule has 0 aromatic heterocycles. The van der Waals surface area contributed by atoms with Gasteiger partial charge in [0.05, 0.1) is 13.2 Å². The van der Waals surface area contributed by atoms with Crippen LogP contribution in [0, 0.1) is 18.8 Å². The minimum absolute atomic E-state index is 0.0137. The first-order valence-corrected chi connectivity index (χ1v) is 10.2. The molecule has 0 bridgehead atoms. The Labute approximate surface area is 169 Å². The van der Waals surface area contributed by atoms with Gasteiger partial charge < -0.3 is 15.0 Å². The number of hydrogen-bond acceptors (Lipinski definition) is 3. The quantitative estimate of drug-likeness (QED) is 0.731. The predicted molar refractivity (Wildman–Crippen MR) is 113 cm³/mol. The maximum absolute atomic E-state index is 12.9. The summed E-state index contributed by atoms with van der Waals surface area (Å²) in [6, 6.07) is 7.67. The summed E-state index contributed by atoms with van der Waals surface area (Å²) in [6.45, 7) is 12.6. The van der Waals surface area contributed by atoms with Gasteiger partial charge in [0, 0.05) is 19.2 Å². The van der Waals surface area contributed by atoms with Gasteiger partial charge in [-0.3, -0.25) is 9.59 Å². The molecule has 2 amide bonds. The van der Waals surface area contributed by atoms with Crippen LogP contribution in [0.3, 0.4) is 0 Å². The largest absolute Gasteiger partial charge is 0.378 e. The van der Waals surface area contributed by atoms with Gasteiger partial charge in [0.1, 0.15) is 6.04 Å². The Balaban J connectivity index is 2.16. The van der Waals surface area contributed by atoms with E-state index in [1.54, 1.807) is 11.0 Å². The lowest BCUT2D eigenvalue weighted by Crippen LogP contribution is -2.52. The van der Waals surface area contributed by atoms with Gasteiger partial charge >= 0.3 is 0 Å². The Morgan fingerprint density at radius 2 is 1.71 bits per heavy atom. The summed E-state index contributed by atoms with van der Waals surface area (Å²) in [6.07, 6.45) is 2.27. The number of amides is 2. The van der Waals surface area contributed by atoms with E-state index < -0.39 is 6.04 Å². The van der Waals surface area contributed by atoms with Gasteiger partial charge in [-0.05, 0) is 36.3 Å². The maximum atomic E-state index is 12.9. The van der Waals surface area contributed by atoms with Crippen LogP contribution in [0.2, 0.25) is 0 Å². The van der Waals surface area contributed by atoms with Crippen LogP contribution in [0.25, 0.3) is 5.57 Å². The number of hydrogen-bond donors (Lipinski definition) is 1. The van der Waals surface area contributed by atoms with E-state index in [0.717, 1.165) is 11.1 Å². The van der Waals surface area contributed by atoms with Crippen molar-refractivity contribution in [1.29, 1.82) is 0 Å². The van der Waals surface area contributed by atoms with Crippen LogP contribution in [0.4, 0.5) is 0 Å². The molecule has 1 aromatic carbocycles. The Morgan fingerprint density at radius 1 is 1.11 bits per heavy atom. The number of allylic oxidation sites excluding steroid dienone is 1. The Hall–Kier alpha value is -2.14. The van der Waals surface area contributed by atoms with Crippen molar-refractivity contribution in [2.45, 2.75) is 47.1 Å². The fourth-order valence-corrected chi connectivity index (χ4v) is 3.38. The molecule has 0 saturated carbocycles. The molecule has 0 aliphatic carbocycles.